The number of hydrogen-bond donors (Lipinski definition) is 2. The van der Waals surface area contributed by atoms with Gasteiger partial charge in [-0.15, -0.1) is 0 Å². The molecule has 0 spiro atoms. The summed E-state index contributed by atoms with van der Waals surface area (Å²) in [5, 5.41) is 12.7. The molecule has 0 aromatic heterocycles. The van der Waals surface area contributed by atoms with E-state index in [-0.39, 0.29) is 5.92 Å². The van der Waals surface area contributed by atoms with Gasteiger partial charge < -0.3 is 15.2 Å². The average molecular weight is 283 g/mol. The molecule has 1 saturated carbocycles. The van der Waals surface area contributed by atoms with Gasteiger partial charge in [0.15, 0.2) is 0 Å². The maximum absolute atomic E-state index is 10.9. The molecule has 4 heteroatoms. The molecular weight excluding hydrogens is 254 g/mol. The molecule has 2 atom stereocenters. The van der Waals surface area contributed by atoms with Crippen LogP contribution in [-0.2, 0) is 9.53 Å². The van der Waals surface area contributed by atoms with E-state index in [9.17, 15) is 4.79 Å². The van der Waals surface area contributed by atoms with Crippen LogP contribution in [0.3, 0.4) is 0 Å². The molecule has 2 unspecified atom stereocenters. The summed E-state index contributed by atoms with van der Waals surface area (Å²) in [6, 6.07) is 0.577. The lowest BCUT2D eigenvalue weighted by Gasteiger charge is -2.34. The highest BCUT2D eigenvalue weighted by molar-refractivity contribution is 5.69. The van der Waals surface area contributed by atoms with Crippen LogP contribution in [0.4, 0.5) is 0 Å². The van der Waals surface area contributed by atoms with Gasteiger partial charge in [0.05, 0.1) is 12.0 Å². The van der Waals surface area contributed by atoms with Gasteiger partial charge in [0.2, 0.25) is 0 Å². The SMILES string of the molecule is CC(C)C1CC(NCC2CCC(C(=O)O)CC2)CCO1. The van der Waals surface area contributed by atoms with E-state index in [0.29, 0.717) is 24.0 Å². The van der Waals surface area contributed by atoms with Crippen molar-refractivity contribution in [3.63, 3.8) is 0 Å². The molecule has 1 aliphatic carbocycles. The zero-order chi connectivity index (χ0) is 14.5. The minimum atomic E-state index is -0.611. The fourth-order valence-corrected chi connectivity index (χ4v) is 3.42. The van der Waals surface area contributed by atoms with Crippen LogP contribution >= 0.6 is 0 Å². The lowest BCUT2D eigenvalue weighted by Crippen LogP contribution is -2.43. The second kappa shape index (κ2) is 7.41. The van der Waals surface area contributed by atoms with Crippen LogP contribution in [0, 0.1) is 17.8 Å². The predicted octanol–water partition coefficient (Wildman–Crippen LogP) is 2.67. The summed E-state index contributed by atoms with van der Waals surface area (Å²) in [6.45, 7) is 6.36. The molecule has 116 valence electrons. The number of hydrogen-bond acceptors (Lipinski definition) is 3. The summed E-state index contributed by atoms with van der Waals surface area (Å²) in [5.41, 5.74) is 0. The molecule has 0 aromatic rings. The van der Waals surface area contributed by atoms with Gasteiger partial charge in [-0.25, -0.2) is 0 Å². The van der Waals surface area contributed by atoms with E-state index in [1.54, 1.807) is 0 Å². The van der Waals surface area contributed by atoms with E-state index in [1.807, 2.05) is 0 Å². The van der Waals surface area contributed by atoms with Crippen molar-refractivity contribution in [2.24, 2.45) is 17.8 Å². The molecule has 0 amide bonds. The van der Waals surface area contributed by atoms with Crippen molar-refractivity contribution in [1.82, 2.24) is 5.32 Å². The van der Waals surface area contributed by atoms with E-state index < -0.39 is 5.97 Å². The number of ether oxygens (including phenoxy) is 1. The van der Waals surface area contributed by atoms with Crippen LogP contribution in [0.1, 0.15) is 52.4 Å². The lowest BCUT2D eigenvalue weighted by molar-refractivity contribution is -0.143. The van der Waals surface area contributed by atoms with Crippen LogP contribution in [0.5, 0.6) is 0 Å². The van der Waals surface area contributed by atoms with Crippen molar-refractivity contribution in [1.29, 1.82) is 0 Å². The first kappa shape index (κ1) is 15.8. The third kappa shape index (κ3) is 4.45. The molecule has 2 N–H and O–H groups in total. The van der Waals surface area contributed by atoms with Crippen LogP contribution in [0.15, 0.2) is 0 Å². The molecule has 2 rings (SSSR count). The first-order valence-electron chi connectivity index (χ1n) is 8.14. The van der Waals surface area contributed by atoms with Gasteiger partial charge in [-0.3, -0.25) is 4.79 Å². The summed E-state index contributed by atoms with van der Waals surface area (Å²) >= 11 is 0. The van der Waals surface area contributed by atoms with Crippen LogP contribution < -0.4 is 5.32 Å². The van der Waals surface area contributed by atoms with Gasteiger partial charge in [-0.1, -0.05) is 13.8 Å². The number of nitrogens with one attached hydrogen (secondary N) is 1. The molecule has 0 radical (unpaired) electrons. The van der Waals surface area contributed by atoms with Gasteiger partial charge >= 0.3 is 5.97 Å². The molecule has 1 heterocycles. The zero-order valence-corrected chi connectivity index (χ0v) is 12.8. The number of aliphatic carboxylic acids is 1. The Labute approximate surface area is 122 Å². The Bertz CT molecular complexity index is 311. The summed E-state index contributed by atoms with van der Waals surface area (Å²) in [7, 11) is 0. The molecule has 2 fully saturated rings. The van der Waals surface area contributed by atoms with Crippen molar-refractivity contribution in [3.05, 3.63) is 0 Å². The first-order chi connectivity index (χ1) is 9.56. The molecule has 1 aliphatic heterocycles. The predicted molar refractivity (Wildman–Crippen MR) is 78.7 cm³/mol. The molecule has 0 bridgehead atoms. The lowest BCUT2D eigenvalue weighted by atomic mass is 9.82. The highest BCUT2D eigenvalue weighted by atomic mass is 16.5. The molecule has 2 aliphatic rings. The Morgan fingerprint density at radius 2 is 1.95 bits per heavy atom. The van der Waals surface area contributed by atoms with Gasteiger partial charge in [-0.2, -0.15) is 0 Å². The Hall–Kier alpha value is -0.610. The minimum Gasteiger partial charge on any atom is -0.481 e. The van der Waals surface area contributed by atoms with E-state index in [0.717, 1.165) is 51.7 Å². The average Bonchev–Trinajstić information content (AvgIpc) is 2.46. The molecule has 0 aromatic carbocycles. The Morgan fingerprint density at radius 1 is 1.25 bits per heavy atom. The Kier molecular flexibility index (Phi) is 5.85. The summed E-state index contributed by atoms with van der Waals surface area (Å²) in [4.78, 5) is 10.9. The third-order valence-electron chi connectivity index (χ3n) is 4.95. The zero-order valence-electron chi connectivity index (χ0n) is 12.8. The van der Waals surface area contributed by atoms with Crippen molar-refractivity contribution >= 4 is 5.97 Å². The number of carboxylic acids is 1. The fraction of sp³-hybridized carbons (Fsp3) is 0.938. The highest BCUT2D eigenvalue weighted by Gasteiger charge is 2.28. The first-order valence-corrected chi connectivity index (χ1v) is 8.14. The number of carbonyl (C=O) groups is 1. The van der Waals surface area contributed by atoms with Gasteiger partial charge in [-0.05, 0) is 56.9 Å². The van der Waals surface area contributed by atoms with Gasteiger partial charge in [0, 0.05) is 12.6 Å². The second-order valence-electron chi connectivity index (χ2n) is 6.84. The highest BCUT2D eigenvalue weighted by Crippen LogP contribution is 2.29. The van der Waals surface area contributed by atoms with Crippen molar-refractivity contribution < 1.29 is 14.6 Å². The summed E-state index contributed by atoms with van der Waals surface area (Å²) in [5.74, 6) is 0.539. The third-order valence-corrected chi connectivity index (χ3v) is 4.95. The molecule has 20 heavy (non-hydrogen) atoms. The quantitative estimate of drug-likeness (QED) is 0.814. The number of carboxylic acid groups (broad SMARTS) is 1. The van der Waals surface area contributed by atoms with Gasteiger partial charge in [0.25, 0.3) is 0 Å². The van der Waals surface area contributed by atoms with Crippen LogP contribution in [-0.4, -0.2) is 36.4 Å². The van der Waals surface area contributed by atoms with E-state index in [1.165, 1.54) is 0 Å². The minimum absolute atomic E-state index is 0.0975. The Morgan fingerprint density at radius 3 is 2.55 bits per heavy atom. The molecule has 4 nitrogen and oxygen atoms in total. The fourth-order valence-electron chi connectivity index (χ4n) is 3.42. The van der Waals surface area contributed by atoms with E-state index >= 15 is 0 Å². The second-order valence-corrected chi connectivity index (χ2v) is 6.84. The van der Waals surface area contributed by atoms with Gasteiger partial charge in [0.1, 0.15) is 0 Å². The maximum Gasteiger partial charge on any atom is 0.306 e. The van der Waals surface area contributed by atoms with Crippen molar-refractivity contribution in [2.75, 3.05) is 13.2 Å². The molecular formula is C16H29NO3. The smallest absolute Gasteiger partial charge is 0.306 e. The molecule has 1 saturated heterocycles. The largest absolute Gasteiger partial charge is 0.481 e. The number of rotatable bonds is 5. The van der Waals surface area contributed by atoms with E-state index in [2.05, 4.69) is 19.2 Å². The van der Waals surface area contributed by atoms with E-state index in [4.69, 9.17) is 9.84 Å². The monoisotopic (exact) mass is 283 g/mol. The standard InChI is InChI=1S/C16H29NO3/c1-11(2)15-9-14(7-8-20-15)17-10-12-3-5-13(6-4-12)16(18)19/h11-15,17H,3-10H2,1-2H3,(H,18,19). The van der Waals surface area contributed by atoms with Crippen molar-refractivity contribution in [2.45, 2.75) is 64.5 Å². The summed E-state index contributed by atoms with van der Waals surface area (Å²) in [6.07, 6.45) is 6.43. The van der Waals surface area contributed by atoms with Crippen LogP contribution in [0.2, 0.25) is 0 Å². The van der Waals surface area contributed by atoms with Crippen molar-refractivity contribution in [3.8, 4) is 0 Å². The Balaban J connectivity index is 1.67. The normalized spacial score (nSPS) is 35.1. The maximum atomic E-state index is 10.9. The van der Waals surface area contributed by atoms with Crippen LogP contribution in [0.25, 0.3) is 0 Å². The topological polar surface area (TPSA) is 58.6 Å². The summed E-state index contributed by atoms with van der Waals surface area (Å²) < 4.78 is 5.80.